The van der Waals surface area contributed by atoms with Crippen LogP contribution >= 0.6 is 23.2 Å². The summed E-state index contributed by atoms with van der Waals surface area (Å²) in [6, 6.07) is 23.7. The molecule has 0 unspecified atom stereocenters. The second-order valence-electron chi connectivity index (χ2n) is 4.91. The highest BCUT2D eigenvalue weighted by atomic mass is 35.5. The molecule has 0 bridgehead atoms. The number of hydrogen-bond donors (Lipinski definition) is 0. The Hall–Kier alpha value is -1.96. The molecule has 0 saturated heterocycles. The zero-order valence-corrected chi connectivity index (χ0v) is 13.3. The quantitative estimate of drug-likeness (QED) is 0.550. The van der Waals surface area contributed by atoms with Crippen LogP contribution in [0.4, 0.5) is 0 Å². The molecule has 0 saturated carbocycles. The van der Waals surface area contributed by atoms with Gasteiger partial charge in [0, 0.05) is 0 Å². The minimum Gasteiger partial charge on any atom is -0.486 e. The van der Waals surface area contributed by atoms with Gasteiger partial charge in [-0.15, -0.1) is 0 Å². The van der Waals surface area contributed by atoms with Crippen LogP contribution in [0.1, 0.15) is 5.56 Å². The van der Waals surface area contributed by atoms with Crippen molar-refractivity contribution in [3.63, 3.8) is 0 Å². The van der Waals surface area contributed by atoms with E-state index in [1.165, 1.54) is 0 Å². The van der Waals surface area contributed by atoms with Gasteiger partial charge in [-0.25, -0.2) is 0 Å². The van der Waals surface area contributed by atoms with Gasteiger partial charge in [-0.05, 0) is 28.8 Å². The molecule has 0 N–H and O–H groups in total. The van der Waals surface area contributed by atoms with Crippen LogP contribution in [-0.4, -0.2) is 0 Å². The number of hydrogen-bond acceptors (Lipinski definition) is 1. The molecule has 0 spiro atoms. The maximum Gasteiger partial charge on any atom is 0.157 e. The van der Waals surface area contributed by atoms with Crippen molar-refractivity contribution < 1.29 is 4.74 Å². The third-order valence-corrected chi connectivity index (χ3v) is 3.89. The molecule has 3 aromatic carbocycles. The Kier molecular flexibility index (Phi) is 4.67. The van der Waals surface area contributed by atoms with Crippen LogP contribution in [0.15, 0.2) is 72.8 Å². The smallest absolute Gasteiger partial charge is 0.157 e. The van der Waals surface area contributed by atoms with Gasteiger partial charge in [0.05, 0.1) is 10.0 Å². The highest BCUT2D eigenvalue weighted by molar-refractivity contribution is 6.37. The Morgan fingerprint density at radius 1 is 0.682 bits per heavy atom. The topological polar surface area (TPSA) is 9.23 Å². The Morgan fingerprint density at radius 3 is 1.82 bits per heavy atom. The second-order valence-corrected chi connectivity index (χ2v) is 5.72. The molecule has 0 amide bonds. The van der Waals surface area contributed by atoms with E-state index in [1.807, 2.05) is 72.8 Å². The van der Waals surface area contributed by atoms with Crippen LogP contribution in [0.25, 0.3) is 11.1 Å². The first-order valence-corrected chi connectivity index (χ1v) is 7.71. The van der Waals surface area contributed by atoms with E-state index >= 15 is 0 Å². The lowest BCUT2D eigenvalue weighted by Gasteiger charge is -2.12. The van der Waals surface area contributed by atoms with E-state index in [2.05, 4.69) is 0 Å². The van der Waals surface area contributed by atoms with Crippen LogP contribution in [-0.2, 0) is 6.61 Å². The maximum atomic E-state index is 6.34. The summed E-state index contributed by atoms with van der Waals surface area (Å²) in [7, 11) is 0. The summed E-state index contributed by atoms with van der Waals surface area (Å²) < 4.78 is 5.78. The van der Waals surface area contributed by atoms with E-state index in [9.17, 15) is 0 Å². The van der Waals surface area contributed by atoms with Gasteiger partial charge in [-0.3, -0.25) is 0 Å². The van der Waals surface area contributed by atoms with Crippen LogP contribution in [0, 0.1) is 0 Å². The molecule has 110 valence electrons. The Labute approximate surface area is 140 Å². The minimum absolute atomic E-state index is 0.435. The van der Waals surface area contributed by atoms with Crippen molar-refractivity contribution in [1.29, 1.82) is 0 Å². The molecule has 3 heteroatoms. The zero-order chi connectivity index (χ0) is 15.4. The molecule has 1 nitrogen and oxygen atoms in total. The van der Waals surface area contributed by atoms with E-state index in [1.54, 1.807) is 0 Å². The fourth-order valence-corrected chi connectivity index (χ4v) is 2.82. The van der Waals surface area contributed by atoms with Crippen molar-refractivity contribution >= 4 is 23.2 Å². The standard InChI is InChI=1S/C19H14Cl2O/c20-17-11-16(15-9-5-2-6-10-15)12-18(21)19(17)22-13-14-7-3-1-4-8-14/h1-12H,13H2. The van der Waals surface area contributed by atoms with Gasteiger partial charge in [0.15, 0.2) is 5.75 Å². The van der Waals surface area contributed by atoms with Crippen molar-refractivity contribution in [3.05, 3.63) is 88.4 Å². The molecule has 0 fully saturated rings. The summed E-state index contributed by atoms with van der Waals surface area (Å²) in [4.78, 5) is 0. The van der Waals surface area contributed by atoms with E-state index < -0.39 is 0 Å². The summed E-state index contributed by atoms with van der Waals surface area (Å²) in [6.07, 6.45) is 0. The lowest BCUT2D eigenvalue weighted by Crippen LogP contribution is -1.96. The normalized spacial score (nSPS) is 10.5. The van der Waals surface area contributed by atoms with E-state index in [0.29, 0.717) is 22.4 Å². The van der Waals surface area contributed by atoms with Gasteiger partial charge in [0.2, 0.25) is 0 Å². The molecule has 0 aliphatic rings. The fourth-order valence-electron chi connectivity index (χ4n) is 2.22. The molecular weight excluding hydrogens is 315 g/mol. The molecule has 0 aliphatic heterocycles. The predicted octanol–water partition coefficient (Wildman–Crippen LogP) is 6.24. The van der Waals surface area contributed by atoms with Crippen LogP contribution < -0.4 is 4.74 Å². The SMILES string of the molecule is Clc1cc(-c2ccccc2)cc(Cl)c1OCc1ccccc1. The predicted molar refractivity (Wildman–Crippen MR) is 92.7 cm³/mol. The molecule has 3 aromatic rings. The first-order valence-electron chi connectivity index (χ1n) is 6.95. The van der Waals surface area contributed by atoms with Crippen molar-refractivity contribution in [2.24, 2.45) is 0 Å². The first kappa shape index (κ1) is 15.0. The minimum atomic E-state index is 0.435. The Bertz CT molecular complexity index is 732. The van der Waals surface area contributed by atoms with Crippen molar-refractivity contribution in [1.82, 2.24) is 0 Å². The Morgan fingerprint density at radius 2 is 1.23 bits per heavy atom. The number of ether oxygens (including phenoxy) is 1. The lowest BCUT2D eigenvalue weighted by atomic mass is 10.1. The first-order chi connectivity index (χ1) is 10.7. The summed E-state index contributed by atoms with van der Waals surface area (Å²) in [5, 5.41) is 1.03. The average Bonchev–Trinajstić information content (AvgIpc) is 2.56. The summed E-state index contributed by atoms with van der Waals surface area (Å²) in [5.74, 6) is 0.520. The van der Waals surface area contributed by atoms with E-state index in [-0.39, 0.29) is 0 Å². The molecule has 22 heavy (non-hydrogen) atoms. The summed E-state index contributed by atoms with van der Waals surface area (Å²) in [5.41, 5.74) is 3.12. The van der Waals surface area contributed by atoms with Crippen molar-refractivity contribution in [2.75, 3.05) is 0 Å². The highest BCUT2D eigenvalue weighted by Gasteiger charge is 2.11. The number of halogens is 2. The lowest BCUT2D eigenvalue weighted by molar-refractivity contribution is 0.306. The Balaban J connectivity index is 1.84. The second kappa shape index (κ2) is 6.87. The highest BCUT2D eigenvalue weighted by Crippen LogP contribution is 2.37. The molecular formula is C19H14Cl2O. The molecule has 0 aromatic heterocycles. The molecule has 0 aliphatic carbocycles. The van der Waals surface area contributed by atoms with Crippen molar-refractivity contribution in [2.45, 2.75) is 6.61 Å². The molecule has 0 atom stereocenters. The molecule has 0 heterocycles. The van der Waals surface area contributed by atoms with Gasteiger partial charge in [-0.1, -0.05) is 83.9 Å². The van der Waals surface area contributed by atoms with E-state index in [0.717, 1.165) is 16.7 Å². The largest absolute Gasteiger partial charge is 0.486 e. The van der Waals surface area contributed by atoms with Gasteiger partial charge in [0.1, 0.15) is 6.61 Å². The summed E-state index contributed by atoms with van der Waals surface area (Å²) in [6.45, 7) is 0.435. The van der Waals surface area contributed by atoms with E-state index in [4.69, 9.17) is 27.9 Å². The zero-order valence-electron chi connectivity index (χ0n) is 11.8. The van der Waals surface area contributed by atoms with Gasteiger partial charge < -0.3 is 4.74 Å². The van der Waals surface area contributed by atoms with Crippen molar-refractivity contribution in [3.8, 4) is 16.9 Å². The average molecular weight is 329 g/mol. The third kappa shape index (κ3) is 3.44. The van der Waals surface area contributed by atoms with Gasteiger partial charge in [0.25, 0.3) is 0 Å². The fraction of sp³-hybridized carbons (Fsp3) is 0.0526. The van der Waals surface area contributed by atoms with Gasteiger partial charge in [-0.2, -0.15) is 0 Å². The molecule has 3 rings (SSSR count). The number of benzene rings is 3. The van der Waals surface area contributed by atoms with Crippen LogP contribution in [0.5, 0.6) is 5.75 Å². The van der Waals surface area contributed by atoms with Crippen LogP contribution in [0.2, 0.25) is 10.0 Å². The molecule has 0 radical (unpaired) electrons. The van der Waals surface area contributed by atoms with Crippen LogP contribution in [0.3, 0.4) is 0 Å². The third-order valence-electron chi connectivity index (χ3n) is 3.33. The summed E-state index contributed by atoms with van der Waals surface area (Å²) >= 11 is 12.7. The number of rotatable bonds is 4. The van der Waals surface area contributed by atoms with Gasteiger partial charge >= 0.3 is 0 Å². The maximum absolute atomic E-state index is 6.34. The monoisotopic (exact) mass is 328 g/mol.